The quantitative estimate of drug-likeness (QED) is 0.879. The van der Waals surface area contributed by atoms with E-state index < -0.39 is 0 Å². The minimum atomic E-state index is 0.432. The number of rotatable bonds is 6. The first-order valence-electron chi connectivity index (χ1n) is 6.80. The van der Waals surface area contributed by atoms with Crippen LogP contribution in [0.25, 0.3) is 0 Å². The SMILES string of the molecule is CCn1cc(Oc2ccc(CNC(C)C)c(Cl)c2)cn1. The van der Waals surface area contributed by atoms with Gasteiger partial charge in [-0.1, -0.05) is 31.5 Å². The maximum absolute atomic E-state index is 6.27. The summed E-state index contributed by atoms with van der Waals surface area (Å²) in [7, 11) is 0. The molecule has 0 aliphatic heterocycles. The molecule has 0 fully saturated rings. The number of nitrogens with one attached hydrogen (secondary N) is 1. The molecule has 0 saturated carbocycles. The highest BCUT2D eigenvalue weighted by atomic mass is 35.5. The molecule has 2 rings (SSSR count). The predicted octanol–water partition coefficient (Wildman–Crippen LogP) is 3.85. The maximum atomic E-state index is 6.27. The van der Waals surface area contributed by atoms with Crippen LogP contribution in [0.2, 0.25) is 5.02 Å². The van der Waals surface area contributed by atoms with E-state index in [1.165, 1.54) is 0 Å². The Morgan fingerprint density at radius 2 is 2.15 bits per heavy atom. The Kier molecular flexibility index (Phi) is 5.04. The molecule has 0 atom stereocenters. The molecule has 0 aliphatic carbocycles. The van der Waals surface area contributed by atoms with Crippen molar-refractivity contribution in [3.63, 3.8) is 0 Å². The van der Waals surface area contributed by atoms with Gasteiger partial charge in [0.1, 0.15) is 5.75 Å². The number of ether oxygens (including phenoxy) is 1. The molecular formula is C15H20ClN3O. The van der Waals surface area contributed by atoms with E-state index in [0.29, 0.717) is 11.1 Å². The van der Waals surface area contributed by atoms with E-state index in [1.807, 2.05) is 36.0 Å². The first-order chi connectivity index (χ1) is 9.58. The van der Waals surface area contributed by atoms with E-state index in [0.717, 1.165) is 30.2 Å². The monoisotopic (exact) mass is 293 g/mol. The van der Waals surface area contributed by atoms with Crippen molar-refractivity contribution in [3.05, 3.63) is 41.2 Å². The van der Waals surface area contributed by atoms with Gasteiger partial charge >= 0.3 is 0 Å². The van der Waals surface area contributed by atoms with Crippen molar-refractivity contribution in [1.82, 2.24) is 15.1 Å². The lowest BCUT2D eigenvalue weighted by Gasteiger charge is -2.11. The van der Waals surface area contributed by atoms with Gasteiger partial charge in [0.2, 0.25) is 0 Å². The van der Waals surface area contributed by atoms with Crippen LogP contribution in [-0.4, -0.2) is 15.8 Å². The van der Waals surface area contributed by atoms with E-state index >= 15 is 0 Å². The Morgan fingerprint density at radius 3 is 2.75 bits per heavy atom. The minimum absolute atomic E-state index is 0.432. The van der Waals surface area contributed by atoms with Crippen LogP contribution in [0.4, 0.5) is 0 Å². The zero-order valence-corrected chi connectivity index (χ0v) is 12.8. The molecular weight excluding hydrogens is 274 g/mol. The lowest BCUT2D eigenvalue weighted by Crippen LogP contribution is -2.21. The standard InChI is InChI=1S/C15H20ClN3O/c1-4-19-10-14(9-18-19)20-13-6-5-12(15(16)7-13)8-17-11(2)3/h5-7,9-11,17H,4,8H2,1-3H3. The van der Waals surface area contributed by atoms with Crippen molar-refractivity contribution in [3.8, 4) is 11.5 Å². The van der Waals surface area contributed by atoms with Gasteiger partial charge in [-0.15, -0.1) is 0 Å². The number of hydrogen-bond donors (Lipinski definition) is 1. The van der Waals surface area contributed by atoms with Crippen LogP contribution < -0.4 is 10.1 Å². The minimum Gasteiger partial charge on any atom is -0.454 e. The van der Waals surface area contributed by atoms with Crippen LogP contribution in [0.5, 0.6) is 11.5 Å². The van der Waals surface area contributed by atoms with Crippen LogP contribution in [-0.2, 0) is 13.1 Å². The van der Waals surface area contributed by atoms with Gasteiger partial charge in [0.15, 0.2) is 5.75 Å². The molecule has 1 N–H and O–H groups in total. The normalized spacial score (nSPS) is 11.1. The molecule has 1 heterocycles. The summed E-state index contributed by atoms with van der Waals surface area (Å²) >= 11 is 6.27. The highest BCUT2D eigenvalue weighted by Crippen LogP contribution is 2.26. The summed E-state index contributed by atoms with van der Waals surface area (Å²) in [5.74, 6) is 1.44. The molecule has 4 nitrogen and oxygen atoms in total. The first-order valence-corrected chi connectivity index (χ1v) is 7.18. The highest BCUT2D eigenvalue weighted by Gasteiger charge is 2.05. The van der Waals surface area contributed by atoms with Gasteiger partial charge in [-0.05, 0) is 24.6 Å². The van der Waals surface area contributed by atoms with Crippen molar-refractivity contribution >= 4 is 11.6 Å². The second-order valence-corrected chi connectivity index (χ2v) is 5.33. The molecule has 2 aromatic rings. The summed E-state index contributed by atoms with van der Waals surface area (Å²) in [6.07, 6.45) is 3.56. The van der Waals surface area contributed by atoms with Crippen molar-refractivity contribution in [1.29, 1.82) is 0 Å². The van der Waals surface area contributed by atoms with Crippen molar-refractivity contribution in [2.45, 2.75) is 39.9 Å². The smallest absolute Gasteiger partial charge is 0.165 e. The number of aryl methyl sites for hydroxylation is 1. The van der Waals surface area contributed by atoms with Crippen LogP contribution in [0.1, 0.15) is 26.3 Å². The molecule has 0 bridgehead atoms. The molecule has 0 saturated heterocycles. The summed E-state index contributed by atoms with van der Waals surface area (Å²) in [6.45, 7) is 7.83. The zero-order chi connectivity index (χ0) is 14.5. The molecule has 0 unspecified atom stereocenters. The zero-order valence-electron chi connectivity index (χ0n) is 12.1. The third-order valence-electron chi connectivity index (χ3n) is 2.89. The van der Waals surface area contributed by atoms with Crippen LogP contribution in [0.3, 0.4) is 0 Å². The number of nitrogens with zero attached hydrogens (tertiary/aromatic N) is 2. The fraction of sp³-hybridized carbons (Fsp3) is 0.400. The Bertz CT molecular complexity index is 566. The number of benzene rings is 1. The average molecular weight is 294 g/mol. The molecule has 0 aliphatic rings. The lowest BCUT2D eigenvalue weighted by atomic mass is 10.2. The van der Waals surface area contributed by atoms with Gasteiger partial charge in [0.25, 0.3) is 0 Å². The number of halogens is 1. The fourth-order valence-electron chi connectivity index (χ4n) is 1.76. The van der Waals surface area contributed by atoms with E-state index in [9.17, 15) is 0 Å². The second kappa shape index (κ2) is 6.77. The molecule has 0 spiro atoms. The Balaban J connectivity index is 2.04. The summed E-state index contributed by atoms with van der Waals surface area (Å²) in [5, 5.41) is 8.22. The van der Waals surface area contributed by atoms with Gasteiger partial charge in [-0.25, -0.2) is 0 Å². The van der Waals surface area contributed by atoms with Gasteiger partial charge in [-0.3, -0.25) is 4.68 Å². The average Bonchev–Trinajstić information content (AvgIpc) is 2.85. The summed E-state index contributed by atoms with van der Waals surface area (Å²) in [4.78, 5) is 0. The lowest BCUT2D eigenvalue weighted by molar-refractivity contribution is 0.481. The van der Waals surface area contributed by atoms with E-state index in [1.54, 1.807) is 6.20 Å². The van der Waals surface area contributed by atoms with Crippen LogP contribution in [0, 0.1) is 0 Å². The third-order valence-corrected chi connectivity index (χ3v) is 3.25. The molecule has 0 amide bonds. The van der Waals surface area contributed by atoms with E-state index in [4.69, 9.17) is 16.3 Å². The third kappa shape index (κ3) is 3.99. The summed E-state index contributed by atoms with van der Waals surface area (Å²) in [5.41, 5.74) is 1.07. The van der Waals surface area contributed by atoms with Crippen molar-refractivity contribution in [2.24, 2.45) is 0 Å². The first kappa shape index (κ1) is 14.9. The van der Waals surface area contributed by atoms with Gasteiger partial charge in [0.05, 0.1) is 12.4 Å². The molecule has 20 heavy (non-hydrogen) atoms. The van der Waals surface area contributed by atoms with Gasteiger partial charge in [-0.2, -0.15) is 5.10 Å². The molecule has 5 heteroatoms. The topological polar surface area (TPSA) is 39.1 Å². The second-order valence-electron chi connectivity index (χ2n) is 4.92. The fourth-order valence-corrected chi connectivity index (χ4v) is 1.99. The molecule has 1 aromatic carbocycles. The summed E-state index contributed by atoms with van der Waals surface area (Å²) in [6, 6.07) is 6.17. The Labute approximate surface area is 124 Å². The van der Waals surface area contributed by atoms with Crippen LogP contribution in [0.15, 0.2) is 30.6 Å². The maximum Gasteiger partial charge on any atom is 0.165 e. The van der Waals surface area contributed by atoms with Gasteiger partial charge in [0, 0.05) is 24.2 Å². The van der Waals surface area contributed by atoms with E-state index in [-0.39, 0.29) is 0 Å². The Hall–Kier alpha value is -1.52. The van der Waals surface area contributed by atoms with Crippen LogP contribution >= 0.6 is 11.6 Å². The van der Waals surface area contributed by atoms with E-state index in [2.05, 4.69) is 24.3 Å². The van der Waals surface area contributed by atoms with Crippen molar-refractivity contribution < 1.29 is 4.74 Å². The summed E-state index contributed by atoms with van der Waals surface area (Å²) < 4.78 is 7.55. The highest BCUT2D eigenvalue weighted by molar-refractivity contribution is 6.31. The molecule has 0 radical (unpaired) electrons. The number of hydrogen-bond acceptors (Lipinski definition) is 3. The predicted molar refractivity (Wildman–Crippen MR) is 81.4 cm³/mol. The largest absolute Gasteiger partial charge is 0.454 e. The molecule has 1 aromatic heterocycles. The van der Waals surface area contributed by atoms with Gasteiger partial charge < -0.3 is 10.1 Å². The molecule has 108 valence electrons. The number of aromatic nitrogens is 2. The van der Waals surface area contributed by atoms with Crippen molar-refractivity contribution in [2.75, 3.05) is 0 Å². The Morgan fingerprint density at radius 1 is 1.35 bits per heavy atom.